The minimum atomic E-state index is -4.06. The Hall–Kier alpha value is -2.15. The second-order valence-electron chi connectivity index (χ2n) is 4.10. The first-order valence-corrected chi connectivity index (χ1v) is 7.20. The number of hydrogen-bond acceptors (Lipinski definition) is 4. The fourth-order valence-electron chi connectivity index (χ4n) is 1.62. The fourth-order valence-corrected chi connectivity index (χ4v) is 2.72. The van der Waals surface area contributed by atoms with Gasteiger partial charge < -0.3 is 4.74 Å². The maximum atomic E-state index is 13.6. The Kier molecular flexibility index (Phi) is 3.89. The Morgan fingerprint density at radius 1 is 1.30 bits per heavy atom. The number of ether oxygens (including phenoxy) is 1. The predicted molar refractivity (Wildman–Crippen MR) is 72.7 cm³/mol. The molecule has 1 N–H and O–H groups in total. The van der Waals surface area contributed by atoms with Gasteiger partial charge in [0, 0.05) is 6.20 Å². The van der Waals surface area contributed by atoms with E-state index in [0.717, 1.165) is 11.6 Å². The van der Waals surface area contributed by atoms with Gasteiger partial charge in [-0.1, -0.05) is 12.1 Å². The lowest BCUT2D eigenvalue weighted by molar-refractivity contribution is 0.415. The largest absolute Gasteiger partial charge is 0.493 e. The molecule has 106 valence electrons. The molecular weight excluding hydrogens is 283 g/mol. The van der Waals surface area contributed by atoms with E-state index in [1.54, 1.807) is 13.0 Å². The summed E-state index contributed by atoms with van der Waals surface area (Å²) >= 11 is 0. The molecule has 0 fully saturated rings. The first kappa shape index (κ1) is 14.3. The highest BCUT2D eigenvalue weighted by atomic mass is 32.2. The zero-order valence-corrected chi connectivity index (χ0v) is 11.7. The van der Waals surface area contributed by atoms with E-state index in [1.165, 1.54) is 31.5 Å². The Morgan fingerprint density at radius 2 is 2.00 bits per heavy atom. The first-order chi connectivity index (χ1) is 9.44. The quantitative estimate of drug-likeness (QED) is 0.940. The minimum absolute atomic E-state index is 0.0151. The smallest absolute Gasteiger partial charge is 0.266 e. The van der Waals surface area contributed by atoms with Gasteiger partial charge in [0.05, 0.1) is 7.11 Å². The molecule has 0 bridgehead atoms. The zero-order chi connectivity index (χ0) is 14.8. The molecule has 0 spiro atoms. The Balaban J connectivity index is 2.41. The highest BCUT2D eigenvalue weighted by Crippen LogP contribution is 2.25. The van der Waals surface area contributed by atoms with Crippen LogP contribution in [0.2, 0.25) is 0 Å². The van der Waals surface area contributed by atoms with Crippen LogP contribution in [-0.2, 0) is 10.0 Å². The topological polar surface area (TPSA) is 68.3 Å². The van der Waals surface area contributed by atoms with Crippen LogP contribution in [0.3, 0.4) is 0 Å². The maximum absolute atomic E-state index is 13.6. The summed E-state index contributed by atoms with van der Waals surface area (Å²) in [6.07, 6.45) is 1.49. The van der Waals surface area contributed by atoms with Gasteiger partial charge in [-0.15, -0.1) is 0 Å². The van der Waals surface area contributed by atoms with Crippen LogP contribution in [0.1, 0.15) is 5.56 Å². The van der Waals surface area contributed by atoms with Crippen LogP contribution < -0.4 is 9.46 Å². The number of nitrogens with zero attached hydrogens (tertiary/aromatic N) is 1. The van der Waals surface area contributed by atoms with Crippen molar-refractivity contribution in [1.29, 1.82) is 0 Å². The van der Waals surface area contributed by atoms with Gasteiger partial charge in [0.15, 0.2) is 11.6 Å². The van der Waals surface area contributed by atoms with Crippen molar-refractivity contribution in [3.05, 3.63) is 47.9 Å². The van der Waals surface area contributed by atoms with Gasteiger partial charge in [-0.3, -0.25) is 4.72 Å². The average molecular weight is 296 g/mol. The van der Waals surface area contributed by atoms with Crippen molar-refractivity contribution >= 4 is 15.8 Å². The number of aromatic nitrogens is 1. The summed E-state index contributed by atoms with van der Waals surface area (Å²) in [5, 5.41) is 0. The molecule has 5 nitrogen and oxygen atoms in total. The molecule has 0 aliphatic heterocycles. The van der Waals surface area contributed by atoms with Gasteiger partial charge in [-0.05, 0) is 30.7 Å². The molecule has 0 unspecified atom stereocenters. The van der Waals surface area contributed by atoms with Gasteiger partial charge in [0.1, 0.15) is 10.7 Å². The third kappa shape index (κ3) is 2.88. The number of nitrogens with one attached hydrogen (secondary N) is 1. The van der Waals surface area contributed by atoms with Crippen molar-refractivity contribution in [3.63, 3.8) is 0 Å². The monoisotopic (exact) mass is 296 g/mol. The number of pyridine rings is 1. The van der Waals surface area contributed by atoms with E-state index in [9.17, 15) is 12.8 Å². The number of halogens is 1. The molecule has 7 heteroatoms. The van der Waals surface area contributed by atoms with Crippen LogP contribution >= 0.6 is 0 Å². The van der Waals surface area contributed by atoms with Crippen LogP contribution in [-0.4, -0.2) is 20.5 Å². The third-order valence-corrected chi connectivity index (χ3v) is 3.94. The van der Waals surface area contributed by atoms with Crippen molar-refractivity contribution < 1.29 is 17.5 Å². The van der Waals surface area contributed by atoms with Gasteiger partial charge in [-0.2, -0.15) is 0 Å². The molecule has 1 aromatic heterocycles. The number of hydrogen-bond donors (Lipinski definition) is 1. The van der Waals surface area contributed by atoms with Crippen LogP contribution in [0.5, 0.6) is 5.75 Å². The van der Waals surface area contributed by atoms with Gasteiger partial charge in [0.25, 0.3) is 10.0 Å². The molecule has 0 radical (unpaired) electrons. The first-order valence-electron chi connectivity index (χ1n) is 5.72. The minimum Gasteiger partial charge on any atom is -0.493 e. The van der Waals surface area contributed by atoms with Crippen molar-refractivity contribution in [2.75, 3.05) is 11.8 Å². The lowest BCUT2D eigenvalue weighted by Crippen LogP contribution is -2.16. The van der Waals surface area contributed by atoms with Crippen LogP contribution in [0.4, 0.5) is 10.2 Å². The van der Waals surface area contributed by atoms with E-state index in [2.05, 4.69) is 9.71 Å². The Labute approximate surface area is 116 Å². The number of sulfonamides is 1. The van der Waals surface area contributed by atoms with E-state index < -0.39 is 20.7 Å². The second kappa shape index (κ2) is 5.46. The van der Waals surface area contributed by atoms with Crippen LogP contribution in [0.15, 0.2) is 41.4 Å². The molecule has 20 heavy (non-hydrogen) atoms. The fraction of sp³-hybridized carbons (Fsp3) is 0.154. The number of anilines is 1. The zero-order valence-electron chi connectivity index (χ0n) is 10.9. The average Bonchev–Trinajstić information content (AvgIpc) is 2.41. The summed E-state index contributed by atoms with van der Waals surface area (Å²) in [7, 11) is -2.66. The van der Waals surface area contributed by atoms with E-state index in [4.69, 9.17) is 4.74 Å². The molecule has 1 aromatic carbocycles. The number of rotatable bonds is 4. The highest BCUT2D eigenvalue weighted by molar-refractivity contribution is 7.92. The van der Waals surface area contributed by atoms with Crippen molar-refractivity contribution in [2.24, 2.45) is 0 Å². The molecule has 2 rings (SSSR count). The summed E-state index contributed by atoms with van der Waals surface area (Å²) in [5.41, 5.74) is 0.815. The van der Waals surface area contributed by atoms with E-state index in [0.29, 0.717) is 0 Å². The summed E-state index contributed by atoms with van der Waals surface area (Å²) in [6, 6.07) is 6.75. The normalized spacial score (nSPS) is 11.2. The lowest BCUT2D eigenvalue weighted by Gasteiger charge is -2.11. The Morgan fingerprint density at radius 3 is 2.65 bits per heavy atom. The molecular formula is C13H13FN2O3S. The predicted octanol–water partition coefficient (Wildman–Crippen LogP) is 2.34. The SMILES string of the molecule is COc1cc(C)cnc1NS(=O)(=O)c1ccccc1F. The number of aryl methyl sites for hydroxylation is 1. The Bertz CT molecular complexity index is 732. The highest BCUT2D eigenvalue weighted by Gasteiger charge is 2.20. The molecule has 0 aliphatic rings. The van der Waals surface area contributed by atoms with E-state index in [1.807, 2.05) is 0 Å². The van der Waals surface area contributed by atoms with Gasteiger partial charge >= 0.3 is 0 Å². The summed E-state index contributed by atoms with van der Waals surface area (Å²) in [5.74, 6) is -0.544. The van der Waals surface area contributed by atoms with Crippen molar-refractivity contribution in [1.82, 2.24) is 4.98 Å². The standard InChI is InChI=1S/C13H13FN2O3S/c1-9-7-11(19-2)13(15-8-9)16-20(17,18)12-6-4-3-5-10(12)14/h3-8H,1-2H3,(H,15,16). The van der Waals surface area contributed by atoms with Crippen molar-refractivity contribution in [3.8, 4) is 5.75 Å². The lowest BCUT2D eigenvalue weighted by atomic mass is 10.3. The van der Waals surface area contributed by atoms with Gasteiger partial charge in [-0.25, -0.2) is 17.8 Å². The van der Waals surface area contributed by atoms with E-state index >= 15 is 0 Å². The van der Waals surface area contributed by atoms with Crippen molar-refractivity contribution in [2.45, 2.75) is 11.8 Å². The molecule has 1 heterocycles. The molecule has 0 atom stereocenters. The number of benzene rings is 1. The molecule has 0 saturated heterocycles. The molecule has 0 amide bonds. The third-order valence-electron chi connectivity index (χ3n) is 2.57. The van der Waals surface area contributed by atoms with Crippen LogP contribution in [0.25, 0.3) is 0 Å². The second-order valence-corrected chi connectivity index (χ2v) is 5.75. The van der Waals surface area contributed by atoms with E-state index in [-0.39, 0.29) is 11.6 Å². The van der Waals surface area contributed by atoms with Gasteiger partial charge in [0.2, 0.25) is 0 Å². The summed E-state index contributed by atoms with van der Waals surface area (Å²) < 4.78 is 45.1. The molecule has 2 aromatic rings. The molecule has 0 aliphatic carbocycles. The summed E-state index contributed by atoms with van der Waals surface area (Å²) in [6.45, 7) is 1.80. The summed E-state index contributed by atoms with van der Waals surface area (Å²) in [4.78, 5) is 3.51. The number of methoxy groups -OCH3 is 1. The molecule has 0 saturated carbocycles. The maximum Gasteiger partial charge on any atom is 0.266 e. The van der Waals surface area contributed by atoms with Crippen LogP contribution in [0, 0.1) is 12.7 Å².